The Morgan fingerprint density at radius 1 is 1.25 bits per heavy atom. The second kappa shape index (κ2) is 6.05. The maximum atomic E-state index is 3.64. The fraction of sp³-hybridized carbons (Fsp3) is 0.600. The van der Waals surface area contributed by atoms with Gasteiger partial charge in [0.2, 0.25) is 0 Å². The summed E-state index contributed by atoms with van der Waals surface area (Å²) in [5.74, 6) is 0.927. The molecule has 1 heteroatoms. The summed E-state index contributed by atoms with van der Waals surface area (Å²) in [7, 11) is 0. The largest absolute Gasteiger partial charge is 0.314 e. The van der Waals surface area contributed by atoms with E-state index in [-0.39, 0.29) is 0 Å². The summed E-state index contributed by atoms with van der Waals surface area (Å²) in [6.45, 7) is 3.55. The standard InChI is InChI=1S/C15H23N/c1-2-14-11-12-16-15(14)10-6-9-13-7-4-3-5-8-13/h3-5,7-8,14-16H,2,6,9-12H2,1H3/t14-,15-/m1/s1. The smallest absolute Gasteiger partial charge is 0.00958 e. The van der Waals surface area contributed by atoms with Crippen LogP contribution in [0.15, 0.2) is 30.3 Å². The fourth-order valence-electron chi connectivity index (χ4n) is 2.82. The molecule has 1 heterocycles. The first-order valence-electron chi connectivity index (χ1n) is 6.67. The molecule has 1 N–H and O–H groups in total. The Balaban J connectivity index is 1.72. The molecule has 0 aliphatic carbocycles. The van der Waals surface area contributed by atoms with Crippen LogP contribution >= 0.6 is 0 Å². The number of hydrogen-bond acceptors (Lipinski definition) is 1. The Morgan fingerprint density at radius 2 is 2.06 bits per heavy atom. The molecule has 1 aliphatic heterocycles. The van der Waals surface area contributed by atoms with Gasteiger partial charge in [-0.05, 0) is 43.7 Å². The molecule has 16 heavy (non-hydrogen) atoms. The predicted molar refractivity (Wildman–Crippen MR) is 69.6 cm³/mol. The molecule has 0 spiro atoms. The van der Waals surface area contributed by atoms with E-state index in [4.69, 9.17) is 0 Å². The lowest BCUT2D eigenvalue weighted by Crippen LogP contribution is -2.26. The highest BCUT2D eigenvalue weighted by atomic mass is 14.9. The Labute approximate surface area is 99.3 Å². The Kier molecular flexibility index (Phi) is 4.41. The normalized spacial score (nSPS) is 24.8. The Morgan fingerprint density at radius 3 is 2.81 bits per heavy atom. The first kappa shape index (κ1) is 11.7. The van der Waals surface area contributed by atoms with Gasteiger partial charge < -0.3 is 5.32 Å². The minimum atomic E-state index is 0.786. The van der Waals surface area contributed by atoms with Crippen LogP contribution in [0.25, 0.3) is 0 Å². The van der Waals surface area contributed by atoms with Crippen molar-refractivity contribution in [2.75, 3.05) is 6.54 Å². The average molecular weight is 217 g/mol. The van der Waals surface area contributed by atoms with E-state index in [2.05, 4.69) is 42.6 Å². The fourth-order valence-corrected chi connectivity index (χ4v) is 2.82. The van der Waals surface area contributed by atoms with Gasteiger partial charge in [0.15, 0.2) is 0 Å². The van der Waals surface area contributed by atoms with E-state index < -0.39 is 0 Å². The number of rotatable bonds is 5. The zero-order chi connectivity index (χ0) is 11.2. The van der Waals surface area contributed by atoms with Crippen LogP contribution in [-0.2, 0) is 6.42 Å². The van der Waals surface area contributed by atoms with Crippen LogP contribution in [0.4, 0.5) is 0 Å². The van der Waals surface area contributed by atoms with Crippen molar-refractivity contribution >= 4 is 0 Å². The van der Waals surface area contributed by atoms with Gasteiger partial charge in [0.25, 0.3) is 0 Å². The number of benzene rings is 1. The second-order valence-corrected chi connectivity index (χ2v) is 4.90. The highest BCUT2D eigenvalue weighted by Gasteiger charge is 2.24. The van der Waals surface area contributed by atoms with Crippen LogP contribution in [0.2, 0.25) is 0 Å². The third-order valence-electron chi connectivity index (χ3n) is 3.84. The molecule has 0 unspecified atom stereocenters. The summed E-state index contributed by atoms with van der Waals surface area (Å²) in [4.78, 5) is 0. The van der Waals surface area contributed by atoms with Gasteiger partial charge in [-0.2, -0.15) is 0 Å². The molecular formula is C15H23N. The zero-order valence-electron chi connectivity index (χ0n) is 10.3. The van der Waals surface area contributed by atoms with Gasteiger partial charge in [-0.1, -0.05) is 43.7 Å². The molecule has 0 saturated carbocycles. The molecule has 1 saturated heterocycles. The van der Waals surface area contributed by atoms with E-state index in [1.807, 2.05) is 0 Å². The van der Waals surface area contributed by atoms with Gasteiger partial charge in [0, 0.05) is 6.04 Å². The topological polar surface area (TPSA) is 12.0 Å². The molecule has 1 nitrogen and oxygen atoms in total. The Hall–Kier alpha value is -0.820. The minimum Gasteiger partial charge on any atom is -0.314 e. The Bertz CT molecular complexity index is 294. The lowest BCUT2D eigenvalue weighted by molar-refractivity contribution is 0.404. The van der Waals surface area contributed by atoms with Crippen molar-refractivity contribution in [1.82, 2.24) is 5.32 Å². The van der Waals surface area contributed by atoms with E-state index in [1.165, 1.54) is 44.2 Å². The average Bonchev–Trinajstić information content (AvgIpc) is 2.78. The van der Waals surface area contributed by atoms with Crippen molar-refractivity contribution in [1.29, 1.82) is 0 Å². The van der Waals surface area contributed by atoms with Gasteiger partial charge in [0.1, 0.15) is 0 Å². The number of hydrogen-bond donors (Lipinski definition) is 1. The summed E-state index contributed by atoms with van der Waals surface area (Å²) >= 11 is 0. The number of aryl methyl sites for hydroxylation is 1. The molecule has 0 radical (unpaired) electrons. The van der Waals surface area contributed by atoms with Crippen molar-refractivity contribution < 1.29 is 0 Å². The molecule has 0 amide bonds. The molecule has 1 aliphatic rings. The van der Waals surface area contributed by atoms with Gasteiger partial charge in [-0.15, -0.1) is 0 Å². The van der Waals surface area contributed by atoms with Crippen LogP contribution in [0, 0.1) is 5.92 Å². The van der Waals surface area contributed by atoms with Crippen LogP contribution in [-0.4, -0.2) is 12.6 Å². The van der Waals surface area contributed by atoms with Crippen molar-refractivity contribution in [2.24, 2.45) is 5.92 Å². The summed E-state index contributed by atoms with van der Waals surface area (Å²) in [5, 5.41) is 3.64. The molecule has 1 fully saturated rings. The quantitative estimate of drug-likeness (QED) is 0.797. The summed E-state index contributed by atoms with van der Waals surface area (Å²) in [6.07, 6.45) is 6.61. The van der Waals surface area contributed by atoms with Gasteiger partial charge >= 0.3 is 0 Å². The van der Waals surface area contributed by atoms with Gasteiger partial charge in [0.05, 0.1) is 0 Å². The SMILES string of the molecule is CC[C@@H]1CCN[C@@H]1CCCc1ccccc1. The van der Waals surface area contributed by atoms with Gasteiger partial charge in [-0.3, -0.25) is 0 Å². The van der Waals surface area contributed by atoms with E-state index in [0.717, 1.165) is 12.0 Å². The second-order valence-electron chi connectivity index (χ2n) is 4.90. The van der Waals surface area contributed by atoms with E-state index in [0.29, 0.717) is 0 Å². The van der Waals surface area contributed by atoms with E-state index in [9.17, 15) is 0 Å². The summed E-state index contributed by atoms with van der Waals surface area (Å²) in [5.41, 5.74) is 1.48. The lowest BCUT2D eigenvalue weighted by atomic mass is 9.93. The van der Waals surface area contributed by atoms with Crippen LogP contribution in [0.1, 0.15) is 38.2 Å². The maximum Gasteiger partial charge on any atom is 0.00958 e. The van der Waals surface area contributed by atoms with Crippen molar-refractivity contribution in [3.63, 3.8) is 0 Å². The number of nitrogens with one attached hydrogen (secondary N) is 1. The van der Waals surface area contributed by atoms with Crippen molar-refractivity contribution in [2.45, 2.75) is 45.1 Å². The summed E-state index contributed by atoms with van der Waals surface area (Å²) in [6, 6.07) is 11.6. The van der Waals surface area contributed by atoms with Crippen molar-refractivity contribution in [3.8, 4) is 0 Å². The zero-order valence-corrected chi connectivity index (χ0v) is 10.3. The molecule has 2 rings (SSSR count). The highest BCUT2D eigenvalue weighted by Crippen LogP contribution is 2.22. The maximum absolute atomic E-state index is 3.64. The van der Waals surface area contributed by atoms with E-state index >= 15 is 0 Å². The molecule has 88 valence electrons. The van der Waals surface area contributed by atoms with E-state index in [1.54, 1.807) is 0 Å². The van der Waals surface area contributed by atoms with Crippen LogP contribution < -0.4 is 5.32 Å². The molecule has 1 aromatic rings. The van der Waals surface area contributed by atoms with Crippen molar-refractivity contribution in [3.05, 3.63) is 35.9 Å². The molecule has 0 bridgehead atoms. The third-order valence-corrected chi connectivity index (χ3v) is 3.84. The summed E-state index contributed by atoms with van der Waals surface area (Å²) < 4.78 is 0. The van der Waals surface area contributed by atoms with Gasteiger partial charge in [-0.25, -0.2) is 0 Å². The molecule has 0 aromatic heterocycles. The molecular weight excluding hydrogens is 194 g/mol. The first-order chi connectivity index (χ1) is 7.90. The third kappa shape index (κ3) is 3.08. The minimum absolute atomic E-state index is 0.786. The monoisotopic (exact) mass is 217 g/mol. The molecule has 2 atom stereocenters. The highest BCUT2D eigenvalue weighted by molar-refractivity contribution is 5.14. The predicted octanol–water partition coefficient (Wildman–Crippen LogP) is 3.40. The first-order valence-corrected chi connectivity index (χ1v) is 6.67. The lowest BCUT2D eigenvalue weighted by Gasteiger charge is -2.17. The molecule has 1 aromatic carbocycles. The van der Waals surface area contributed by atoms with Crippen LogP contribution in [0.5, 0.6) is 0 Å². The van der Waals surface area contributed by atoms with Crippen LogP contribution in [0.3, 0.4) is 0 Å².